The zero-order valence-electron chi connectivity index (χ0n) is 11.6. The molecule has 20 heavy (non-hydrogen) atoms. The van der Waals surface area contributed by atoms with Crippen LogP contribution in [0.15, 0.2) is 23.1 Å². The molecule has 5 N–H and O–H groups in total. The molecule has 1 atom stereocenters. The van der Waals surface area contributed by atoms with Gasteiger partial charge in [0.25, 0.3) is 0 Å². The molecule has 0 aromatic heterocycles. The minimum atomic E-state index is -3.52. The number of nitrogens with one attached hydrogen (secondary N) is 2. The van der Waals surface area contributed by atoms with Crippen LogP contribution in [0.1, 0.15) is 6.42 Å². The maximum atomic E-state index is 11.8. The van der Waals surface area contributed by atoms with Crippen LogP contribution < -0.4 is 15.8 Å². The third kappa shape index (κ3) is 4.34. The van der Waals surface area contributed by atoms with Gasteiger partial charge in [-0.1, -0.05) is 0 Å². The van der Waals surface area contributed by atoms with Crippen LogP contribution in [0.4, 0.5) is 11.4 Å². The standard InChI is InChI=1S/C12H21N3O4S/c1-14-20(17,18)10-3-4-11(13)12(7-10)15-9(5-6-16)8-19-2/h3-4,7,9,14-16H,5-6,8,13H2,1-2H3. The van der Waals surface area contributed by atoms with Crippen LogP contribution >= 0.6 is 0 Å². The van der Waals surface area contributed by atoms with Crippen molar-refractivity contribution in [1.82, 2.24) is 4.72 Å². The van der Waals surface area contributed by atoms with Gasteiger partial charge in [-0.15, -0.1) is 0 Å². The lowest BCUT2D eigenvalue weighted by Crippen LogP contribution is -2.27. The second-order valence-electron chi connectivity index (χ2n) is 4.27. The van der Waals surface area contributed by atoms with Crippen molar-refractivity contribution in [2.75, 3.05) is 38.4 Å². The van der Waals surface area contributed by atoms with Gasteiger partial charge in [-0.3, -0.25) is 0 Å². The molecule has 0 amide bonds. The van der Waals surface area contributed by atoms with E-state index in [0.29, 0.717) is 24.4 Å². The Labute approximate surface area is 119 Å². The molecule has 0 saturated heterocycles. The second kappa shape index (κ2) is 7.44. The number of benzene rings is 1. The number of methoxy groups -OCH3 is 1. The Balaban J connectivity index is 3.02. The fraction of sp³-hybridized carbons (Fsp3) is 0.500. The van der Waals surface area contributed by atoms with Crippen LogP contribution in [0.25, 0.3) is 0 Å². The Morgan fingerprint density at radius 1 is 1.45 bits per heavy atom. The van der Waals surface area contributed by atoms with Gasteiger partial charge >= 0.3 is 0 Å². The SMILES string of the molecule is CNS(=O)(=O)c1ccc(N)c(NC(CCO)COC)c1. The van der Waals surface area contributed by atoms with Crippen molar-refractivity contribution in [3.05, 3.63) is 18.2 Å². The smallest absolute Gasteiger partial charge is 0.240 e. The number of ether oxygens (including phenoxy) is 1. The summed E-state index contributed by atoms with van der Waals surface area (Å²) in [6.07, 6.45) is 0.469. The highest BCUT2D eigenvalue weighted by atomic mass is 32.2. The van der Waals surface area contributed by atoms with E-state index in [2.05, 4.69) is 10.0 Å². The van der Waals surface area contributed by atoms with E-state index in [0.717, 1.165) is 0 Å². The molecule has 1 rings (SSSR count). The Kier molecular flexibility index (Phi) is 6.21. The number of sulfonamides is 1. The second-order valence-corrected chi connectivity index (χ2v) is 6.15. The zero-order chi connectivity index (χ0) is 15.2. The highest BCUT2D eigenvalue weighted by Crippen LogP contribution is 2.23. The number of aliphatic hydroxyl groups is 1. The number of anilines is 2. The first-order valence-electron chi connectivity index (χ1n) is 6.14. The predicted molar refractivity (Wildman–Crippen MR) is 78.1 cm³/mol. The zero-order valence-corrected chi connectivity index (χ0v) is 12.4. The molecule has 1 aromatic rings. The fourth-order valence-electron chi connectivity index (χ4n) is 1.72. The Bertz CT molecular complexity index is 528. The third-order valence-corrected chi connectivity index (χ3v) is 4.22. The molecule has 0 spiro atoms. The summed E-state index contributed by atoms with van der Waals surface area (Å²) in [5, 5.41) is 12.1. The van der Waals surface area contributed by atoms with Gasteiger partial charge in [0.15, 0.2) is 0 Å². The number of nitrogen functional groups attached to an aromatic ring is 1. The average molecular weight is 303 g/mol. The van der Waals surface area contributed by atoms with Crippen LogP contribution in [0.5, 0.6) is 0 Å². The molecule has 0 aliphatic heterocycles. The normalized spacial score (nSPS) is 13.2. The van der Waals surface area contributed by atoms with Gasteiger partial charge in [0.2, 0.25) is 10.0 Å². The summed E-state index contributed by atoms with van der Waals surface area (Å²) in [6.45, 7) is 0.373. The van der Waals surface area contributed by atoms with Gasteiger partial charge in [0.1, 0.15) is 0 Å². The van der Waals surface area contributed by atoms with E-state index >= 15 is 0 Å². The largest absolute Gasteiger partial charge is 0.397 e. The minimum Gasteiger partial charge on any atom is -0.397 e. The summed E-state index contributed by atoms with van der Waals surface area (Å²) in [5.41, 5.74) is 6.76. The summed E-state index contributed by atoms with van der Waals surface area (Å²) in [5.74, 6) is 0. The van der Waals surface area contributed by atoms with Crippen LogP contribution in [0.3, 0.4) is 0 Å². The van der Waals surface area contributed by atoms with Crippen molar-refractivity contribution in [1.29, 1.82) is 0 Å². The lowest BCUT2D eigenvalue weighted by atomic mass is 10.2. The van der Waals surface area contributed by atoms with Gasteiger partial charge in [-0.2, -0.15) is 0 Å². The number of hydrogen-bond donors (Lipinski definition) is 4. The molecule has 1 unspecified atom stereocenters. The first-order valence-corrected chi connectivity index (χ1v) is 7.62. The molecule has 8 heteroatoms. The van der Waals surface area contributed by atoms with Crippen LogP contribution in [-0.2, 0) is 14.8 Å². The Morgan fingerprint density at radius 3 is 2.70 bits per heavy atom. The highest BCUT2D eigenvalue weighted by molar-refractivity contribution is 7.89. The molecule has 114 valence electrons. The minimum absolute atomic E-state index is 0.00453. The van der Waals surface area contributed by atoms with Gasteiger partial charge in [-0.25, -0.2) is 13.1 Å². The number of rotatable bonds is 8. The van der Waals surface area contributed by atoms with E-state index < -0.39 is 10.0 Å². The number of aliphatic hydroxyl groups excluding tert-OH is 1. The molecule has 0 radical (unpaired) electrons. The number of nitrogens with two attached hydrogens (primary N) is 1. The molecule has 0 fully saturated rings. The van der Waals surface area contributed by atoms with E-state index in [9.17, 15) is 8.42 Å². The molecular formula is C12H21N3O4S. The third-order valence-electron chi connectivity index (χ3n) is 2.81. The van der Waals surface area contributed by atoms with Gasteiger partial charge < -0.3 is 20.9 Å². The van der Waals surface area contributed by atoms with E-state index in [1.807, 2.05) is 0 Å². The van der Waals surface area contributed by atoms with E-state index in [-0.39, 0.29) is 17.5 Å². The van der Waals surface area contributed by atoms with Crippen LogP contribution in [0, 0.1) is 0 Å². The highest BCUT2D eigenvalue weighted by Gasteiger charge is 2.15. The average Bonchev–Trinajstić information content (AvgIpc) is 2.41. The fourth-order valence-corrected chi connectivity index (χ4v) is 2.48. The molecule has 0 saturated carbocycles. The molecule has 0 aliphatic rings. The number of hydrogen-bond acceptors (Lipinski definition) is 6. The van der Waals surface area contributed by atoms with Crippen LogP contribution in [0.2, 0.25) is 0 Å². The lowest BCUT2D eigenvalue weighted by Gasteiger charge is -2.20. The predicted octanol–water partition coefficient (Wildman–Crippen LogP) is -0.0138. The maximum absolute atomic E-state index is 11.8. The van der Waals surface area contributed by atoms with Crippen LogP contribution in [-0.4, -0.2) is 46.9 Å². The van der Waals surface area contributed by atoms with Crippen molar-refractivity contribution in [3.8, 4) is 0 Å². The summed E-state index contributed by atoms with van der Waals surface area (Å²) in [4.78, 5) is 0.122. The lowest BCUT2D eigenvalue weighted by molar-refractivity contribution is 0.170. The molecule has 7 nitrogen and oxygen atoms in total. The first-order chi connectivity index (χ1) is 9.44. The quantitative estimate of drug-likeness (QED) is 0.502. The van der Waals surface area contributed by atoms with E-state index in [1.165, 1.54) is 25.2 Å². The molecule has 0 bridgehead atoms. The van der Waals surface area contributed by atoms with Crippen molar-refractivity contribution >= 4 is 21.4 Å². The first kappa shape index (κ1) is 16.7. The van der Waals surface area contributed by atoms with Crippen molar-refractivity contribution in [2.45, 2.75) is 17.4 Å². The summed E-state index contributed by atoms with van der Waals surface area (Å²) in [7, 11) is -0.626. The van der Waals surface area contributed by atoms with Gasteiger partial charge in [0.05, 0.1) is 28.9 Å². The molecule has 0 aliphatic carbocycles. The molecule has 1 aromatic carbocycles. The van der Waals surface area contributed by atoms with E-state index in [4.69, 9.17) is 15.6 Å². The van der Waals surface area contributed by atoms with Gasteiger partial charge in [0, 0.05) is 13.7 Å². The van der Waals surface area contributed by atoms with Crippen molar-refractivity contribution < 1.29 is 18.3 Å². The summed E-state index contributed by atoms with van der Waals surface area (Å²) < 4.78 is 30.8. The van der Waals surface area contributed by atoms with E-state index in [1.54, 1.807) is 7.11 Å². The molecule has 0 heterocycles. The van der Waals surface area contributed by atoms with Crippen molar-refractivity contribution in [2.24, 2.45) is 0 Å². The summed E-state index contributed by atoms with van der Waals surface area (Å²) in [6, 6.07) is 4.26. The van der Waals surface area contributed by atoms with Crippen molar-refractivity contribution in [3.63, 3.8) is 0 Å². The molecular weight excluding hydrogens is 282 g/mol. The Morgan fingerprint density at radius 2 is 2.15 bits per heavy atom. The van der Waals surface area contributed by atoms with Gasteiger partial charge in [-0.05, 0) is 31.7 Å². The topological polar surface area (TPSA) is 114 Å². The summed E-state index contributed by atoms with van der Waals surface area (Å²) >= 11 is 0. The maximum Gasteiger partial charge on any atom is 0.240 e. The Hall–Kier alpha value is -1.35. The monoisotopic (exact) mass is 303 g/mol.